The van der Waals surface area contributed by atoms with E-state index in [4.69, 9.17) is 4.74 Å². The summed E-state index contributed by atoms with van der Waals surface area (Å²) in [5, 5.41) is 0. The minimum atomic E-state index is 0.329. The molecule has 4 rings (SSSR count). The minimum absolute atomic E-state index is 0.329. The molecule has 3 aliphatic rings. The van der Waals surface area contributed by atoms with Crippen molar-refractivity contribution in [2.45, 2.75) is 19.1 Å². The molecule has 1 aromatic carbocycles. The molecule has 1 fully saturated rings. The zero-order chi connectivity index (χ0) is 11.9. The number of rotatable bonds is 3. The second-order valence-electron chi connectivity index (χ2n) is 5.75. The Bertz CT molecular complexity index is 488. The maximum atomic E-state index is 6.13. The van der Waals surface area contributed by atoms with Gasteiger partial charge < -0.3 is 4.74 Å². The summed E-state index contributed by atoms with van der Waals surface area (Å²) in [4.78, 5) is 0. The highest BCUT2D eigenvalue weighted by molar-refractivity contribution is 5.25. The normalized spacial score (nSPS) is 39.4. The third-order valence-corrected chi connectivity index (χ3v) is 4.77. The first-order valence-corrected chi connectivity index (χ1v) is 6.94. The molecule has 1 saturated carbocycles. The molecule has 0 unspecified atom stereocenters. The number of fused-ring (bicyclic) bond motifs is 5. The maximum absolute atomic E-state index is 6.13. The van der Waals surface area contributed by atoms with E-state index in [9.17, 15) is 0 Å². The van der Waals surface area contributed by atoms with Crippen molar-refractivity contribution in [3.8, 4) is 0 Å². The molecule has 2 bridgehead atoms. The molecule has 0 spiro atoms. The zero-order valence-electron chi connectivity index (χ0n) is 10.4. The lowest BCUT2D eigenvalue weighted by Gasteiger charge is -2.26. The summed E-state index contributed by atoms with van der Waals surface area (Å²) in [6, 6.07) is 10.5. The third kappa shape index (κ3) is 1.58. The van der Waals surface area contributed by atoms with Crippen LogP contribution in [0.2, 0.25) is 0 Å². The Labute approximate surface area is 108 Å². The highest BCUT2D eigenvalue weighted by Crippen LogP contribution is 2.53. The van der Waals surface area contributed by atoms with E-state index in [1.54, 1.807) is 0 Å². The van der Waals surface area contributed by atoms with E-state index in [2.05, 4.69) is 54.6 Å². The van der Waals surface area contributed by atoms with Gasteiger partial charge in [-0.2, -0.15) is 0 Å². The van der Waals surface area contributed by atoms with Crippen molar-refractivity contribution >= 4 is 0 Å². The van der Waals surface area contributed by atoms with Crippen molar-refractivity contribution in [1.29, 1.82) is 0 Å². The van der Waals surface area contributed by atoms with E-state index >= 15 is 0 Å². The van der Waals surface area contributed by atoms with Crippen LogP contribution >= 0.6 is 0 Å². The highest BCUT2D eigenvalue weighted by atomic mass is 16.5. The first-order chi connectivity index (χ1) is 8.92. The van der Waals surface area contributed by atoms with Crippen molar-refractivity contribution < 1.29 is 4.74 Å². The number of benzene rings is 1. The van der Waals surface area contributed by atoms with Crippen molar-refractivity contribution in [2.24, 2.45) is 23.7 Å². The number of allylic oxidation sites excluding steroid dienone is 3. The van der Waals surface area contributed by atoms with E-state index in [0.717, 1.165) is 24.4 Å². The van der Waals surface area contributed by atoms with Crippen LogP contribution in [0.3, 0.4) is 0 Å². The van der Waals surface area contributed by atoms with Gasteiger partial charge in [0.15, 0.2) is 0 Å². The predicted octanol–water partition coefficient (Wildman–Crippen LogP) is 3.58. The summed E-state index contributed by atoms with van der Waals surface area (Å²) >= 11 is 0. The largest absolute Gasteiger partial charge is 0.369 e. The molecule has 0 aliphatic heterocycles. The molecule has 0 radical (unpaired) electrons. The van der Waals surface area contributed by atoms with Gasteiger partial charge in [0.2, 0.25) is 0 Å². The summed E-state index contributed by atoms with van der Waals surface area (Å²) in [6.45, 7) is 0.736. The second-order valence-corrected chi connectivity index (χ2v) is 5.75. The van der Waals surface area contributed by atoms with Gasteiger partial charge in [-0.15, -0.1) is 0 Å². The van der Waals surface area contributed by atoms with Crippen LogP contribution in [0.1, 0.15) is 12.0 Å². The summed E-state index contributed by atoms with van der Waals surface area (Å²) in [5.41, 5.74) is 1.27. The Kier molecular flexibility index (Phi) is 2.41. The monoisotopic (exact) mass is 238 g/mol. The minimum Gasteiger partial charge on any atom is -0.369 e. The molecule has 1 aromatic rings. The van der Waals surface area contributed by atoms with Crippen LogP contribution in [0.15, 0.2) is 54.6 Å². The molecule has 3 aliphatic carbocycles. The topological polar surface area (TPSA) is 9.23 Å². The molecule has 5 atom stereocenters. The van der Waals surface area contributed by atoms with Crippen molar-refractivity contribution in [2.75, 3.05) is 0 Å². The quantitative estimate of drug-likeness (QED) is 0.731. The molecule has 92 valence electrons. The summed E-state index contributed by atoms with van der Waals surface area (Å²) in [6.07, 6.45) is 11.2. The van der Waals surface area contributed by atoms with E-state index in [1.165, 1.54) is 12.0 Å². The van der Waals surface area contributed by atoms with E-state index in [1.807, 2.05) is 0 Å². The fraction of sp³-hybridized carbons (Fsp3) is 0.412. The number of ether oxygens (including phenoxy) is 1. The molecule has 0 heterocycles. The smallest absolute Gasteiger partial charge is 0.0800 e. The molecular formula is C17H18O. The maximum Gasteiger partial charge on any atom is 0.0800 e. The Balaban J connectivity index is 1.45. The SMILES string of the molecule is C1=C[C@@H](OCc2ccccc2)[C@@H]2[C@H]1[C@@H]1C=C[C@H]2C1. The van der Waals surface area contributed by atoms with Crippen LogP contribution in [0.4, 0.5) is 0 Å². The van der Waals surface area contributed by atoms with Crippen LogP contribution in [-0.4, -0.2) is 6.10 Å². The molecule has 0 aromatic heterocycles. The predicted molar refractivity (Wildman–Crippen MR) is 71.9 cm³/mol. The average molecular weight is 238 g/mol. The summed E-state index contributed by atoms with van der Waals surface area (Å²) in [5.74, 6) is 3.02. The number of hydrogen-bond acceptors (Lipinski definition) is 1. The second kappa shape index (κ2) is 4.10. The fourth-order valence-electron chi connectivity index (χ4n) is 3.93. The van der Waals surface area contributed by atoms with Crippen molar-refractivity contribution in [3.63, 3.8) is 0 Å². The fourth-order valence-corrected chi connectivity index (χ4v) is 3.93. The highest BCUT2D eigenvalue weighted by Gasteiger charge is 2.49. The first-order valence-electron chi connectivity index (χ1n) is 6.94. The molecular weight excluding hydrogens is 220 g/mol. The lowest BCUT2D eigenvalue weighted by Crippen LogP contribution is -2.26. The molecule has 18 heavy (non-hydrogen) atoms. The molecule has 0 amide bonds. The Morgan fingerprint density at radius 2 is 1.78 bits per heavy atom. The van der Waals surface area contributed by atoms with Gasteiger partial charge in [0.1, 0.15) is 0 Å². The van der Waals surface area contributed by atoms with Gasteiger partial charge in [0, 0.05) is 5.92 Å². The number of hydrogen-bond donors (Lipinski definition) is 0. The van der Waals surface area contributed by atoms with Crippen LogP contribution in [0, 0.1) is 23.7 Å². The van der Waals surface area contributed by atoms with E-state index < -0.39 is 0 Å². The van der Waals surface area contributed by atoms with Gasteiger partial charge in [-0.3, -0.25) is 0 Å². The summed E-state index contributed by atoms with van der Waals surface area (Å²) < 4.78 is 6.13. The van der Waals surface area contributed by atoms with Crippen LogP contribution in [0.25, 0.3) is 0 Å². The van der Waals surface area contributed by atoms with Gasteiger partial charge in [0.05, 0.1) is 12.7 Å². The van der Waals surface area contributed by atoms with Crippen molar-refractivity contribution in [3.05, 3.63) is 60.2 Å². The first kappa shape index (κ1) is 10.6. The zero-order valence-corrected chi connectivity index (χ0v) is 10.4. The lowest BCUT2D eigenvalue weighted by molar-refractivity contribution is 0.0240. The van der Waals surface area contributed by atoms with E-state index in [-0.39, 0.29) is 0 Å². The lowest BCUT2D eigenvalue weighted by atomic mass is 9.84. The van der Waals surface area contributed by atoms with Gasteiger partial charge in [-0.1, -0.05) is 54.6 Å². The van der Waals surface area contributed by atoms with Gasteiger partial charge >= 0.3 is 0 Å². The Morgan fingerprint density at radius 1 is 0.944 bits per heavy atom. The molecule has 1 nitrogen and oxygen atoms in total. The van der Waals surface area contributed by atoms with Crippen molar-refractivity contribution in [1.82, 2.24) is 0 Å². The van der Waals surface area contributed by atoms with Crippen LogP contribution in [-0.2, 0) is 11.3 Å². The Morgan fingerprint density at radius 3 is 2.67 bits per heavy atom. The van der Waals surface area contributed by atoms with Gasteiger partial charge in [0.25, 0.3) is 0 Å². The van der Waals surface area contributed by atoms with E-state index in [0.29, 0.717) is 12.0 Å². The third-order valence-electron chi connectivity index (χ3n) is 4.77. The molecule has 0 N–H and O–H groups in total. The Hall–Kier alpha value is -1.34. The average Bonchev–Trinajstić information content (AvgIpc) is 3.11. The summed E-state index contributed by atoms with van der Waals surface area (Å²) in [7, 11) is 0. The van der Waals surface area contributed by atoms with Crippen LogP contribution in [0.5, 0.6) is 0 Å². The molecule has 1 heteroatoms. The standard InChI is InChI=1S/C17H18O/c1-2-4-12(5-3-1)11-18-16-9-8-15-13-6-7-14(10-13)17(15)16/h1-9,13-17H,10-11H2/t13-,14+,15-,16-,17+/m1/s1. The van der Waals surface area contributed by atoms with Crippen LogP contribution < -0.4 is 0 Å². The molecule has 0 saturated heterocycles. The van der Waals surface area contributed by atoms with Gasteiger partial charge in [-0.25, -0.2) is 0 Å². The van der Waals surface area contributed by atoms with Gasteiger partial charge in [-0.05, 0) is 29.7 Å².